The van der Waals surface area contributed by atoms with Crippen molar-refractivity contribution in [1.29, 1.82) is 0 Å². The highest BCUT2D eigenvalue weighted by atomic mass is 16.6. The normalized spacial score (nSPS) is 12.5. The van der Waals surface area contributed by atoms with Gasteiger partial charge in [-0.2, -0.15) is 0 Å². The summed E-state index contributed by atoms with van der Waals surface area (Å²) in [5.41, 5.74) is 1.36. The van der Waals surface area contributed by atoms with E-state index in [9.17, 15) is 9.59 Å². The summed E-state index contributed by atoms with van der Waals surface area (Å²) in [6.45, 7) is 7.72. The lowest BCUT2D eigenvalue weighted by molar-refractivity contribution is 0.0503. The van der Waals surface area contributed by atoms with Gasteiger partial charge in [-0.3, -0.25) is 4.79 Å². The number of carbonyl (C=O) groups excluding carboxylic acids is 2. The molecule has 0 aliphatic heterocycles. The van der Waals surface area contributed by atoms with Crippen molar-refractivity contribution in [1.82, 2.24) is 20.3 Å². The first-order valence-electron chi connectivity index (χ1n) is 7.73. The van der Waals surface area contributed by atoms with Crippen LogP contribution in [0.15, 0.2) is 30.5 Å². The largest absolute Gasteiger partial charge is 0.444 e. The van der Waals surface area contributed by atoms with Gasteiger partial charge < -0.3 is 10.1 Å². The molecule has 7 nitrogen and oxygen atoms in total. The van der Waals surface area contributed by atoms with Crippen LogP contribution in [0.5, 0.6) is 0 Å². The summed E-state index contributed by atoms with van der Waals surface area (Å²) in [6, 6.07) is 7.00. The molecule has 1 aromatic carbocycles. The summed E-state index contributed by atoms with van der Waals surface area (Å²) in [5, 5.41) is 10.9. The Morgan fingerprint density at radius 2 is 2.08 bits per heavy atom. The van der Waals surface area contributed by atoms with E-state index in [-0.39, 0.29) is 6.04 Å². The van der Waals surface area contributed by atoms with E-state index in [1.54, 1.807) is 23.0 Å². The molecule has 2 rings (SSSR count). The van der Waals surface area contributed by atoms with Crippen LogP contribution in [0.3, 0.4) is 0 Å². The summed E-state index contributed by atoms with van der Waals surface area (Å²) >= 11 is 0. The number of amides is 1. The molecular weight excluding hydrogens is 308 g/mol. The Labute approximate surface area is 141 Å². The zero-order chi connectivity index (χ0) is 17.7. The lowest BCUT2D eigenvalue weighted by Gasteiger charge is -2.21. The van der Waals surface area contributed by atoms with Gasteiger partial charge in [0, 0.05) is 17.2 Å². The van der Waals surface area contributed by atoms with Crippen LogP contribution in [-0.4, -0.2) is 39.0 Å². The SMILES string of the molecule is CC(Cn1cc(-c2ccccc2C=O)nn1)NC(=O)OC(C)(C)C. The van der Waals surface area contributed by atoms with E-state index >= 15 is 0 Å². The van der Waals surface area contributed by atoms with Crippen LogP contribution in [0, 0.1) is 0 Å². The number of nitrogens with zero attached hydrogens (tertiary/aromatic N) is 3. The van der Waals surface area contributed by atoms with E-state index in [0.717, 1.165) is 11.8 Å². The Kier molecular flexibility index (Phi) is 5.33. The number of aldehydes is 1. The molecule has 0 saturated heterocycles. The van der Waals surface area contributed by atoms with Gasteiger partial charge in [-0.15, -0.1) is 5.10 Å². The molecule has 1 aromatic heterocycles. The van der Waals surface area contributed by atoms with Gasteiger partial charge in [0.15, 0.2) is 6.29 Å². The summed E-state index contributed by atoms with van der Waals surface area (Å²) in [6.07, 6.45) is 2.07. The van der Waals surface area contributed by atoms with Gasteiger partial charge in [-0.1, -0.05) is 29.5 Å². The summed E-state index contributed by atoms with van der Waals surface area (Å²) < 4.78 is 6.84. The zero-order valence-electron chi connectivity index (χ0n) is 14.3. The third-order valence-corrected chi connectivity index (χ3v) is 3.13. The predicted octanol–water partition coefficient (Wildman–Crippen LogP) is 2.67. The Hall–Kier alpha value is -2.70. The molecule has 0 aliphatic carbocycles. The topological polar surface area (TPSA) is 86.1 Å². The zero-order valence-corrected chi connectivity index (χ0v) is 14.3. The molecule has 0 aliphatic rings. The number of hydrogen-bond donors (Lipinski definition) is 1. The third kappa shape index (κ3) is 4.91. The van der Waals surface area contributed by atoms with Crippen molar-refractivity contribution >= 4 is 12.4 Å². The number of ether oxygens (including phenoxy) is 1. The summed E-state index contributed by atoms with van der Waals surface area (Å²) in [7, 11) is 0. The van der Waals surface area contributed by atoms with Gasteiger partial charge in [0.2, 0.25) is 0 Å². The van der Waals surface area contributed by atoms with E-state index in [4.69, 9.17) is 4.74 Å². The van der Waals surface area contributed by atoms with Crippen LogP contribution < -0.4 is 5.32 Å². The highest BCUT2D eigenvalue weighted by Crippen LogP contribution is 2.19. The lowest BCUT2D eigenvalue weighted by Crippen LogP contribution is -2.39. The number of nitrogens with one attached hydrogen (secondary N) is 1. The quantitative estimate of drug-likeness (QED) is 0.852. The maximum Gasteiger partial charge on any atom is 0.407 e. The molecule has 1 heterocycles. The highest BCUT2D eigenvalue weighted by Gasteiger charge is 2.18. The first kappa shape index (κ1) is 17.7. The van der Waals surface area contributed by atoms with Crippen molar-refractivity contribution in [3.05, 3.63) is 36.0 Å². The maximum atomic E-state index is 11.8. The molecule has 128 valence electrons. The molecule has 1 amide bonds. The van der Waals surface area contributed by atoms with Crippen LogP contribution >= 0.6 is 0 Å². The fraction of sp³-hybridized carbons (Fsp3) is 0.412. The molecule has 7 heteroatoms. The minimum atomic E-state index is -0.539. The van der Waals surface area contributed by atoms with Crippen LogP contribution in [-0.2, 0) is 11.3 Å². The monoisotopic (exact) mass is 330 g/mol. The second-order valence-electron chi connectivity index (χ2n) is 6.58. The van der Waals surface area contributed by atoms with Crippen LogP contribution in [0.25, 0.3) is 11.3 Å². The highest BCUT2D eigenvalue weighted by molar-refractivity contribution is 5.86. The summed E-state index contributed by atoms with van der Waals surface area (Å²) in [5.74, 6) is 0. The van der Waals surface area contributed by atoms with Gasteiger partial charge in [-0.05, 0) is 27.7 Å². The fourth-order valence-electron chi connectivity index (χ4n) is 2.18. The first-order valence-corrected chi connectivity index (χ1v) is 7.73. The molecule has 2 aromatic rings. The number of benzene rings is 1. The van der Waals surface area contributed by atoms with Crippen molar-refractivity contribution in [2.75, 3.05) is 0 Å². The molecule has 24 heavy (non-hydrogen) atoms. The van der Waals surface area contributed by atoms with Gasteiger partial charge in [0.1, 0.15) is 11.3 Å². The Morgan fingerprint density at radius 3 is 2.75 bits per heavy atom. The van der Waals surface area contributed by atoms with Gasteiger partial charge in [-0.25, -0.2) is 9.48 Å². The van der Waals surface area contributed by atoms with Crippen molar-refractivity contribution in [3.8, 4) is 11.3 Å². The second kappa shape index (κ2) is 7.25. The summed E-state index contributed by atoms with van der Waals surface area (Å²) in [4.78, 5) is 22.9. The van der Waals surface area contributed by atoms with E-state index < -0.39 is 11.7 Å². The minimum Gasteiger partial charge on any atom is -0.444 e. The van der Waals surface area contributed by atoms with Gasteiger partial charge >= 0.3 is 6.09 Å². The molecule has 0 radical (unpaired) electrons. The van der Waals surface area contributed by atoms with Crippen LogP contribution in [0.4, 0.5) is 4.79 Å². The fourth-order valence-corrected chi connectivity index (χ4v) is 2.18. The molecule has 1 unspecified atom stereocenters. The van der Waals surface area contributed by atoms with Gasteiger partial charge in [0.05, 0.1) is 12.7 Å². The predicted molar refractivity (Wildman–Crippen MR) is 89.7 cm³/mol. The molecule has 1 atom stereocenters. The van der Waals surface area contributed by atoms with E-state index in [1.165, 1.54) is 0 Å². The molecule has 0 spiro atoms. The molecule has 0 fully saturated rings. The number of carbonyl (C=O) groups is 2. The standard InChI is InChI=1S/C17H22N4O3/c1-12(18-16(23)24-17(2,3)4)9-21-10-15(19-20-21)14-8-6-5-7-13(14)11-22/h5-8,10-12H,9H2,1-4H3,(H,18,23). The molecule has 1 N–H and O–H groups in total. The van der Waals surface area contributed by atoms with Crippen molar-refractivity contribution < 1.29 is 14.3 Å². The minimum absolute atomic E-state index is 0.185. The van der Waals surface area contributed by atoms with E-state index in [1.807, 2.05) is 39.8 Å². The van der Waals surface area contributed by atoms with Crippen LogP contribution in [0.2, 0.25) is 0 Å². The Bertz CT molecular complexity index is 719. The average Bonchev–Trinajstić information content (AvgIpc) is 2.93. The number of aromatic nitrogens is 3. The van der Waals surface area contributed by atoms with Crippen molar-refractivity contribution in [2.24, 2.45) is 0 Å². The number of hydrogen-bond acceptors (Lipinski definition) is 5. The molecular formula is C17H22N4O3. The number of alkyl carbamates (subject to hydrolysis) is 1. The first-order chi connectivity index (χ1) is 11.3. The Balaban J connectivity index is 2.01. The molecule has 0 bridgehead atoms. The van der Waals surface area contributed by atoms with Gasteiger partial charge in [0.25, 0.3) is 0 Å². The van der Waals surface area contributed by atoms with E-state index in [0.29, 0.717) is 17.8 Å². The second-order valence-corrected chi connectivity index (χ2v) is 6.58. The van der Waals surface area contributed by atoms with Crippen molar-refractivity contribution in [3.63, 3.8) is 0 Å². The average molecular weight is 330 g/mol. The molecule has 0 saturated carbocycles. The number of rotatable bonds is 5. The maximum absolute atomic E-state index is 11.8. The smallest absolute Gasteiger partial charge is 0.407 e. The van der Waals surface area contributed by atoms with Crippen molar-refractivity contribution in [2.45, 2.75) is 45.9 Å². The third-order valence-electron chi connectivity index (χ3n) is 3.13. The van der Waals surface area contributed by atoms with E-state index in [2.05, 4.69) is 15.6 Å². The Morgan fingerprint density at radius 1 is 1.38 bits per heavy atom. The lowest BCUT2D eigenvalue weighted by atomic mass is 10.1. The van der Waals surface area contributed by atoms with Crippen LogP contribution in [0.1, 0.15) is 38.1 Å².